The molecule has 1 aliphatic carbocycles. The average Bonchev–Trinajstić information content (AvgIpc) is 2.69. The fourth-order valence-corrected chi connectivity index (χ4v) is 3.89. The SMILES string of the molecule is CCNC(=NCCCCN1CCC(C(N)=O)CC1)NCCC1=CCCCC1.I. The van der Waals surface area contributed by atoms with Gasteiger partial charge >= 0.3 is 0 Å². The number of rotatable bonds is 10. The monoisotopic (exact) mass is 505 g/mol. The van der Waals surface area contributed by atoms with Crippen molar-refractivity contribution < 1.29 is 4.79 Å². The van der Waals surface area contributed by atoms with Crippen molar-refractivity contribution in [3.05, 3.63) is 11.6 Å². The zero-order valence-electron chi connectivity index (χ0n) is 17.5. The molecule has 0 aromatic heterocycles. The Morgan fingerprint density at radius 3 is 2.68 bits per heavy atom. The fourth-order valence-electron chi connectivity index (χ4n) is 3.89. The maximum Gasteiger partial charge on any atom is 0.220 e. The van der Waals surface area contributed by atoms with Crippen LogP contribution in [0.25, 0.3) is 0 Å². The molecule has 1 aliphatic heterocycles. The van der Waals surface area contributed by atoms with Crippen molar-refractivity contribution in [1.29, 1.82) is 0 Å². The highest BCUT2D eigenvalue weighted by molar-refractivity contribution is 14.0. The quantitative estimate of drug-likeness (QED) is 0.140. The smallest absolute Gasteiger partial charge is 0.220 e. The number of primary amides is 1. The molecular formula is C21H40IN5O. The summed E-state index contributed by atoms with van der Waals surface area (Å²) >= 11 is 0. The van der Waals surface area contributed by atoms with Gasteiger partial charge in [-0.2, -0.15) is 0 Å². The lowest BCUT2D eigenvalue weighted by Gasteiger charge is -2.30. The van der Waals surface area contributed by atoms with Crippen LogP contribution in [0.1, 0.15) is 64.7 Å². The van der Waals surface area contributed by atoms with Crippen molar-refractivity contribution in [1.82, 2.24) is 15.5 Å². The number of piperidine rings is 1. The number of nitrogens with one attached hydrogen (secondary N) is 2. The first-order valence-electron chi connectivity index (χ1n) is 10.9. The molecule has 1 saturated heterocycles. The third-order valence-corrected chi connectivity index (χ3v) is 5.61. The van der Waals surface area contributed by atoms with Crippen LogP contribution in [-0.4, -0.2) is 56.0 Å². The summed E-state index contributed by atoms with van der Waals surface area (Å²) in [5.74, 6) is 0.896. The molecule has 0 spiro atoms. The first-order chi connectivity index (χ1) is 13.2. The zero-order valence-corrected chi connectivity index (χ0v) is 19.9. The number of unbranched alkanes of at least 4 members (excludes halogenated alkanes) is 1. The minimum absolute atomic E-state index is 0. The molecule has 1 fully saturated rings. The Labute approximate surface area is 188 Å². The van der Waals surface area contributed by atoms with Gasteiger partial charge in [-0.3, -0.25) is 9.79 Å². The summed E-state index contributed by atoms with van der Waals surface area (Å²) in [5, 5.41) is 6.81. The van der Waals surface area contributed by atoms with E-state index in [1.165, 1.54) is 25.7 Å². The Morgan fingerprint density at radius 1 is 1.25 bits per heavy atom. The van der Waals surface area contributed by atoms with Gasteiger partial charge in [-0.1, -0.05) is 11.6 Å². The van der Waals surface area contributed by atoms with E-state index < -0.39 is 0 Å². The predicted molar refractivity (Wildman–Crippen MR) is 128 cm³/mol. The van der Waals surface area contributed by atoms with Gasteiger partial charge in [-0.05, 0) is 84.3 Å². The Kier molecular flexibility index (Phi) is 13.6. The lowest BCUT2D eigenvalue weighted by molar-refractivity contribution is -0.123. The maximum atomic E-state index is 11.2. The Balaban J connectivity index is 0.00000392. The second-order valence-electron chi connectivity index (χ2n) is 7.77. The van der Waals surface area contributed by atoms with Crippen LogP contribution < -0.4 is 16.4 Å². The van der Waals surface area contributed by atoms with Gasteiger partial charge in [-0.15, -0.1) is 24.0 Å². The van der Waals surface area contributed by atoms with Crippen LogP contribution in [0.4, 0.5) is 0 Å². The van der Waals surface area contributed by atoms with Gasteiger partial charge in [0.15, 0.2) is 5.96 Å². The van der Waals surface area contributed by atoms with Crippen molar-refractivity contribution >= 4 is 35.8 Å². The van der Waals surface area contributed by atoms with E-state index in [9.17, 15) is 4.79 Å². The number of guanidine groups is 1. The van der Waals surface area contributed by atoms with Crippen molar-refractivity contribution in [2.45, 2.75) is 64.7 Å². The molecule has 28 heavy (non-hydrogen) atoms. The van der Waals surface area contributed by atoms with E-state index in [0.29, 0.717) is 0 Å². The normalized spacial score (nSPS) is 18.9. The molecule has 7 heteroatoms. The second-order valence-corrected chi connectivity index (χ2v) is 7.77. The average molecular weight is 505 g/mol. The molecule has 0 aromatic carbocycles. The van der Waals surface area contributed by atoms with Crippen molar-refractivity contribution in [3.63, 3.8) is 0 Å². The number of aliphatic imine (C=N–C) groups is 1. The molecule has 0 unspecified atom stereocenters. The summed E-state index contributed by atoms with van der Waals surface area (Å²) in [7, 11) is 0. The standard InChI is InChI=1S/C21H39N5O.HI/c1-2-23-21(25-14-10-18-8-4-3-5-9-18)24-13-6-7-15-26-16-11-19(12-17-26)20(22)27;/h8,19H,2-7,9-17H2,1H3,(H2,22,27)(H2,23,24,25);1H. The minimum Gasteiger partial charge on any atom is -0.369 e. The van der Waals surface area contributed by atoms with E-state index in [1.54, 1.807) is 5.57 Å². The van der Waals surface area contributed by atoms with Crippen molar-refractivity contribution in [3.8, 4) is 0 Å². The molecule has 2 aliphatic rings. The molecular weight excluding hydrogens is 465 g/mol. The van der Waals surface area contributed by atoms with Crippen LogP contribution in [0, 0.1) is 5.92 Å². The number of amides is 1. The topological polar surface area (TPSA) is 82.8 Å². The second kappa shape index (κ2) is 15.1. The third-order valence-electron chi connectivity index (χ3n) is 5.61. The van der Waals surface area contributed by atoms with E-state index in [1.807, 2.05) is 0 Å². The van der Waals surface area contributed by atoms with Crippen LogP contribution in [0.5, 0.6) is 0 Å². The van der Waals surface area contributed by atoms with Crippen LogP contribution >= 0.6 is 24.0 Å². The highest BCUT2D eigenvalue weighted by Gasteiger charge is 2.22. The predicted octanol–water partition coefficient (Wildman–Crippen LogP) is 3.03. The summed E-state index contributed by atoms with van der Waals surface area (Å²) in [6, 6.07) is 0. The zero-order chi connectivity index (χ0) is 19.3. The first-order valence-corrected chi connectivity index (χ1v) is 10.9. The molecule has 0 saturated carbocycles. The molecule has 1 amide bonds. The fraction of sp³-hybridized carbons (Fsp3) is 0.810. The third kappa shape index (κ3) is 10.1. The molecule has 0 atom stereocenters. The van der Waals surface area contributed by atoms with E-state index >= 15 is 0 Å². The highest BCUT2D eigenvalue weighted by atomic mass is 127. The van der Waals surface area contributed by atoms with Gasteiger partial charge in [0.1, 0.15) is 0 Å². The molecule has 162 valence electrons. The number of hydrogen-bond donors (Lipinski definition) is 3. The minimum atomic E-state index is -0.132. The molecule has 6 nitrogen and oxygen atoms in total. The number of halogens is 1. The van der Waals surface area contributed by atoms with Crippen LogP contribution in [0.2, 0.25) is 0 Å². The number of nitrogens with zero attached hydrogens (tertiary/aromatic N) is 2. The highest BCUT2D eigenvalue weighted by Crippen LogP contribution is 2.19. The lowest BCUT2D eigenvalue weighted by atomic mass is 9.96. The summed E-state index contributed by atoms with van der Waals surface area (Å²) in [6.45, 7) is 7.91. The number of allylic oxidation sites excluding steroid dienone is 1. The summed E-state index contributed by atoms with van der Waals surface area (Å²) < 4.78 is 0. The van der Waals surface area contributed by atoms with Crippen LogP contribution in [0.3, 0.4) is 0 Å². The maximum absolute atomic E-state index is 11.2. The Hall–Kier alpha value is -0.830. The summed E-state index contributed by atoms with van der Waals surface area (Å²) in [4.78, 5) is 18.4. The van der Waals surface area contributed by atoms with Gasteiger partial charge < -0.3 is 21.3 Å². The molecule has 0 aromatic rings. The van der Waals surface area contributed by atoms with Gasteiger partial charge in [0.2, 0.25) is 5.91 Å². The van der Waals surface area contributed by atoms with Crippen LogP contribution in [-0.2, 0) is 4.79 Å². The largest absolute Gasteiger partial charge is 0.369 e. The lowest BCUT2D eigenvalue weighted by Crippen LogP contribution is -2.39. The first kappa shape index (κ1) is 25.2. The molecule has 2 rings (SSSR count). The van der Waals surface area contributed by atoms with Gasteiger partial charge in [-0.25, -0.2) is 0 Å². The number of likely N-dealkylation sites (tertiary alicyclic amines) is 1. The van der Waals surface area contributed by atoms with E-state index in [-0.39, 0.29) is 35.8 Å². The molecule has 0 bridgehead atoms. The molecule has 1 heterocycles. The number of nitrogens with two attached hydrogens (primary N) is 1. The number of hydrogen-bond acceptors (Lipinski definition) is 3. The van der Waals surface area contributed by atoms with E-state index in [4.69, 9.17) is 10.7 Å². The van der Waals surface area contributed by atoms with Gasteiger partial charge in [0, 0.05) is 25.6 Å². The van der Waals surface area contributed by atoms with Gasteiger partial charge in [0.25, 0.3) is 0 Å². The van der Waals surface area contributed by atoms with Crippen molar-refractivity contribution in [2.24, 2.45) is 16.6 Å². The Bertz CT molecular complexity index is 501. The molecule has 0 radical (unpaired) electrons. The molecule has 4 N–H and O–H groups in total. The van der Waals surface area contributed by atoms with Gasteiger partial charge in [0.05, 0.1) is 0 Å². The summed E-state index contributed by atoms with van der Waals surface area (Å²) in [6.07, 6.45) is 12.8. The Morgan fingerprint density at radius 2 is 2.04 bits per heavy atom. The van der Waals surface area contributed by atoms with E-state index in [2.05, 4.69) is 28.5 Å². The number of carbonyl (C=O) groups is 1. The van der Waals surface area contributed by atoms with Crippen molar-refractivity contribution in [2.75, 3.05) is 39.3 Å². The summed E-state index contributed by atoms with van der Waals surface area (Å²) in [5.41, 5.74) is 7.00. The van der Waals surface area contributed by atoms with E-state index in [0.717, 1.165) is 77.3 Å². The van der Waals surface area contributed by atoms with Crippen LogP contribution in [0.15, 0.2) is 16.6 Å². The number of carbonyl (C=O) groups excluding carboxylic acids is 1.